The Morgan fingerprint density at radius 1 is 1.04 bits per heavy atom. The van der Waals surface area contributed by atoms with Crippen LogP contribution in [0.1, 0.15) is 11.3 Å². The third-order valence-electron chi connectivity index (χ3n) is 4.00. The van der Waals surface area contributed by atoms with Gasteiger partial charge in [0.1, 0.15) is 19.8 Å². The maximum absolute atomic E-state index is 11.9. The summed E-state index contributed by atoms with van der Waals surface area (Å²) in [5.41, 5.74) is 2.44. The molecule has 0 amide bonds. The van der Waals surface area contributed by atoms with E-state index >= 15 is 0 Å². The highest BCUT2D eigenvalue weighted by Crippen LogP contribution is 2.30. The molecule has 0 saturated carbocycles. The fourth-order valence-corrected chi connectivity index (χ4v) is 2.71. The predicted octanol–water partition coefficient (Wildman–Crippen LogP) is 3.76. The second-order valence-corrected chi connectivity index (χ2v) is 5.85. The lowest BCUT2D eigenvalue weighted by Gasteiger charge is -2.18. The number of esters is 1. The number of nitrogens with zero attached hydrogens (tertiary/aromatic N) is 1. The van der Waals surface area contributed by atoms with Gasteiger partial charge in [-0.05, 0) is 35.9 Å². The lowest BCUT2D eigenvalue weighted by Crippen LogP contribution is -2.15. The van der Waals surface area contributed by atoms with Crippen LogP contribution < -0.4 is 9.47 Å². The van der Waals surface area contributed by atoms with Gasteiger partial charge in [0.25, 0.3) is 0 Å². The topological polar surface area (TPSA) is 57.7 Å². The molecule has 5 nitrogen and oxygen atoms in total. The molecule has 0 N–H and O–H groups in total. The molecule has 130 valence electrons. The van der Waals surface area contributed by atoms with Crippen molar-refractivity contribution < 1.29 is 19.0 Å². The number of aromatic nitrogens is 1. The van der Waals surface area contributed by atoms with Crippen LogP contribution >= 0.6 is 0 Å². The minimum Gasteiger partial charge on any atom is -0.486 e. The number of fused-ring (bicyclic) bond motifs is 2. The molecule has 0 radical (unpaired) electrons. The van der Waals surface area contributed by atoms with Crippen molar-refractivity contribution in [2.45, 2.75) is 6.61 Å². The van der Waals surface area contributed by atoms with Crippen molar-refractivity contribution in [3.05, 3.63) is 71.9 Å². The van der Waals surface area contributed by atoms with Gasteiger partial charge in [-0.25, -0.2) is 9.78 Å². The quantitative estimate of drug-likeness (QED) is 0.531. The molecule has 0 spiro atoms. The summed E-state index contributed by atoms with van der Waals surface area (Å²) in [4.78, 5) is 16.4. The molecule has 1 aromatic heterocycles. The Morgan fingerprint density at radius 3 is 2.81 bits per heavy atom. The van der Waals surface area contributed by atoms with Crippen LogP contribution in [0.2, 0.25) is 0 Å². The molecule has 4 rings (SSSR count). The highest BCUT2D eigenvalue weighted by atomic mass is 16.6. The second kappa shape index (κ2) is 7.27. The zero-order valence-electron chi connectivity index (χ0n) is 14.1. The molecular formula is C21H17NO4. The molecule has 1 aliphatic heterocycles. The Balaban J connectivity index is 1.38. The number of pyridine rings is 1. The largest absolute Gasteiger partial charge is 0.486 e. The number of ether oxygens (including phenoxy) is 3. The van der Waals surface area contributed by atoms with Gasteiger partial charge in [0.05, 0.1) is 11.2 Å². The van der Waals surface area contributed by atoms with E-state index in [0.717, 1.165) is 16.5 Å². The van der Waals surface area contributed by atoms with Crippen LogP contribution in [0.15, 0.2) is 60.7 Å². The van der Waals surface area contributed by atoms with E-state index in [1.54, 1.807) is 6.08 Å². The Bertz CT molecular complexity index is 981. The van der Waals surface area contributed by atoms with Crippen LogP contribution in [0.5, 0.6) is 11.5 Å². The number of carbonyl (C=O) groups excluding carboxylic acids is 1. The Kier molecular flexibility index (Phi) is 4.51. The van der Waals surface area contributed by atoms with Crippen molar-refractivity contribution in [1.29, 1.82) is 0 Å². The van der Waals surface area contributed by atoms with Gasteiger partial charge in [-0.15, -0.1) is 0 Å². The molecule has 3 aromatic rings. The first-order valence-corrected chi connectivity index (χ1v) is 8.37. The molecule has 1 aliphatic rings. The van der Waals surface area contributed by atoms with Crippen molar-refractivity contribution in [2.75, 3.05) is 13.2 Å². The fraction of sp³-hybridized carbons (Fsp3) is 0.143. The van der Waals surface area contributed by atoms with Crippen LogP contribution in [0.25, 0.3) is 17.0 Å². The first-order valence-electron chi connectivity index (χ1n) is 8.37. The maximum Gasteiger partial charge on any atom is 0.331 e. The van der Waals surface area contributed by atoms with Crippen LogP contribution in [0, 0.1) is 0 Å². The van der Waals surface area contributed by atoms with Crippen molar-refractivity contribution in [1.82, 2.24) is 4.98 Å². The summed E-state index contributed by atoms with van der Waals surface area (Å²) in [7, 11) is 0. The molecule has 2 aromatic carbocycles. The average Bonchev–Trinajstić information content (AvgIpc) is 2.70. The number of benzene rings is 2. The Hall–Kier alpha value is -3.34. The monoisotopic (exact) mass is 347 g/mol. The van der Waals surface area contributed by atoms with Crippen LogP contribution in [0.3, 0.4) is 0 Å². The fourth-order valence-electron chi connectivity index (χ4n) is 2.71. The van der Waals surface area contributed by atoms with E-state index in [1.807, 2.05) is 54.6 Å². The van der Waals surface area contributed by atoms with E-state index in [4.69, 9.17) is 14.2 Å². The molecule has 0 saturated heterocycles. The average molecular weight is 347 g/mol. The number of hydrogen-bond acceptors (Lipinski definition) is 5. The number of hydrogen-bond donors (Lipinski definition) is 0. The summed E-state index contributed by atoms with van der Waals surface area (Å²) in [6, 6.07) is 17.2. The van der Waals surface area contributed by atoms with Gasteiger partial charge in [0.2, 0.25) is 0 Å². The van der Waals surface area contributed by atoms with Gasteiger partial charge in [0, 0.05) is 11.5 Å². The van der Waals surface area contributed by atoms with Crippen LogP contribution in [0.4, 0.5) is 0 Å². The maximum atomic E-state index is 11.9. The molecule has 0 unspecified atom stereocenters. The highest BCUT2D eigenvalue weighted by molar-refractivity contribution is 5.87. The predicted molar refractivity (Wildman–Crippen MR) is 98.0 cm³/mol. The van der Waals surface area contributed by atoms with Gasteiger partial charge in [-0.3, -0.25) is 0 Å². The molecule has 26 heavy (non-hydrogen) atoms. The number of rotatable bonds is 4. The molecule has 0 bridgehead atoms. The van der Waals surface area contributed by atoms with E-state index in [-0.39, 0.29) is 6.61 Å². The van der Waals surface area contributed by atoms with Crippen molar-refractivity contribution in [3.8, 4) is 11.5 Å². The minimum atomic E-state index is -0.421. The zero-order chi connectivity index (χ0) is 17.8. The zero-order valence-corrected chi connectivity index (χ0v) is 14.1. The lowest BCUT2D eigenvalue weighted by molar-refractivity contribution is -0.138. The normalized spacial score (nSPS) is 13.1. The number of para-hydroxylation sites is 1. The molecular weight excluding hydrogens is 330 g/mol. The summed E-state index contributed by atoms with van der Waals surface area (Å²) in [6.07, 6.45) is 3.04. The summed E-state index contributed by atoms with van der Waals surface area (Å²) >= 11 is 0. The Labute approximate surface area is 150 Å². The van der Waals surface area contributed by atoms with Gasteiger partial charge < -0.3 is 14.2 Å². The van der Waals surface area contributed by atoms with E-state index in [9.17, 15) is 4.79 Å². The highest BCUT2D eigenvalue weighted by Gasteiger charge is 2.12. The van der Waals surface area contributed by atoms with Crippen LogP contribution in [-0.4, -0.2) is 24.2 Å². The van der Waals surface area contributed by atoms with Gasteiger partial charge >= 0.3 is 5.97 Å². The molecule has 5 heteroatoms. The van der Waals surface area contributed by atoms with Crippen molar-refractivity contribution in [3.63, 3.8) is 0 Å². The first-order chi connectivity index (χ1) is 12.8. The summed E-state index contributed by atoms with van der Waals surface area (Å²) in [5, 5.41) is 1.06. The third-order valence-corrected chi connectivity index (χ3v) is 4.00. The SMILES string of the molecule is O=C(C=Cc1ccc2ccccc2n1)OCc1ccc2c(c1)OCCO2. The Morgan fingerprint density at radius 2 is 1.88 bits per heavy atom. The summed E-state index contributed by atoms with van der Waals surface area (Å²) < 4.78 is 16.3. The van der Waals surface area contributed by atoms with Gasteiger partial charge in [-0.1, -0.05) is 30.3 Å². The molecule has 0 atom stereocenters. The van der Waals surface area contributed by atoms with Crippen molar-refractivity contribution in [2.24, 2.45) is 0 Å². The molecule has 0 fully saturated rings. The first kappa shape index (κ1) is 16.1. The van der Waals surface area contributed by atoms with E-state index < -0.39 is 5.97 Å². The smallest absolute Gasteiger partial charge is 0.331 e. The van der Waals surface area contributed by atoms with Gasteiger partial charge in [0.15, 0.2) is 11.5 Å². The van der Waals surface area contributed by atoms with E-state index in [1.165, 1.54) is 6.08 Å². The third kappa shape index (κ3) is 3.67. The molecule has 0 aliphatic carbocycles. The standard InChI is InChI=1S/C21H17NO4/c23-21(10-8-17-7-6-16-3-1-2-4-18(16)22-17)26-14-15-5-9-19-20(13-15)25-12-11-24-19/h1-10,13H,11-12,14H2. The lowest BCUT2D eigenvalue weighted by atomic mass is 10.2. The summed E-state index contributed by atoms with van der Waals surface area (Å²) in [6.45, 7) is 1.25. The van der Waals surface area contributed by atoms with Crippen LogP contribution in [-0.2, 0) is 16.1 Å². The van der Waals surface area contributed by atoms with E-state index in [2.05, 4.69) is 4.98 Å². The van der Waals surface area contributed by atoms with Crippen molar-refractivity contribution >= 4 is 22.9 Å². The minimum absolute atomic E-state index is 0.172. The molecule has 2 heterocycles. The summed E-state index contributed by atoms with van der Waals surface area (Å²) in [5.74, 6) is 0.976. The van der Waals surface area contributed by atoms with E-state index in [0.29, 0.717) is 30.4 Å². The van der Waals surface area contributed by atoms with Gasteiger partial charge in [-0.2, -0.15) is 0 Å². The number of carbonyl (C=O) groups is 1. The second-order valence-electron chi connectivity index (χ2n) is 5.85.